The maximum atomic E-state index is 13.7. The Hall–Kier alpha value is -3.15. The summed E-state index contributed by atoms with van der Waals surface area (Å²) in [5.41, 5.74) is 2.19. The molecule has 2 heterocycles. The predicted octanol–water partition coefficient (Wildman–Crippen LogP) is 3.11. The van der Waals surface area contributed by atoms with Gasteiger partial charge in [-0.15, -0.1) is 0 Å². The van der Waals surface area contributed by atoms with Crippen molar-refractivity contribution in [1.29, 1.82) is 0 Å². The number of carbonyl (C=O) groups is 3. The zero-order valence-corrected chi connectivity index (χ0v) is 17.5. The molecule has 4 rings (SSSR count). The fourth-order valence-corrected chi connectivity index (χ4v) is 4.32. The lowest BCUT2D eigenvalue weighted by molar-refractivity contribution is -0.139. The minimum Gasteiger partial charge on any atom is -0.341 e. The lowest BCUT2D eigenvalue weighted by Crippen LogP contribution is -2.47. The summed E-state index contributed by atoms with van der Waals surface area (Å²) in [6, 6.07) is 14.5. The van der Waals surface area contributed by atoms with Gasteiger partial charge in [-0.25, -0.2) is 4.79 Å². The summed E-state index contributed by atoms with van der Waals surface area (Å²) in [7, 11) is 0. The first kappa shape index (κ1) is 20.1. The third-order valence-electron chi connectivity index (χ3n) is 6.25. The zero-order chi connectivity index (χ0) is 21.3. The van der Waals surface area contributed by atoms with E-state index in [1.54, 1.807) is 4.90 Å². The van der Waals surface area contributed by atoms with Gasteiger partial charge < -0.3 is 10.2 Å². The van der Waals surface area contributed by atoms with Crippen LogP contribution in [0.3, 0.4) is 0 Å². The van der Waals surface area contributed by atoms with Crippen molar-refractivity contribution >= 4 is 17.8 Å². The molecular weight excluding hydrogens is 378 g/mol. The van der Waals surface area contributed by atoms with Crippen LogP contribution in [0.2, 0.25) is 0 Å². The standard InChI is InChI=1S/C24H27N3O3/c1-17-11-12-20(15-18(17)2)24(19-9-5-3-6-10-19)22(29)27(23(30)25-24)16-21(28)26-13-7-4-8-14-26/h3,5-6,9-12,15H,4,7-8,13-14,16H2,1-2H3,(H,25,30)/t24-/m0/s1. The first-order chi connectivity index (χ1) is 14.4. The van der Waals surface area contributed by atoms with Crippen molar-refractivity contribution in [2.24, 2.45) is 0 Å². The van der Waals surface area contributed by atoms with Crippen LogP contribution in [0.1, 0.15) is 41.5 Å². The second-order valence-corrected chi connectivity index (χ2v) is 8.18. The summed E-state index contributed by atoms with van der Waals surface area (Å²) in [6.45, 7) is 5.13. The highest BCUT2D eigenvalue weighted by Gasteiger charge is 2.54. The molecule has 0 radical (unpaired) electrons. The molecular formula is C24H27N3O3. The second-order valence-electron chi connectivity index (χ2n) is 8.18. The van der Waals surface area contributed by atoms with Crippen LogP contribution in [0.15, 0.2) is 48.5 Å². The van der Waals surface area contributed by atoms with E-state index < -0.39 is 17.5 Å². The Balaban J connectivity index is 1.72. The fraction of sp³-hybridized carbons (Fsp3) is 0.375. The first-order valence-corrected chi connectivity index (χ1v) is 10.5. The molecule has 0 aliphatic carbocycles. The van der Waals surface area contributed by atoms with Gasteiger partial charge in [0.2, 0.25) is 5.91 Å². The molecule has 6 heteroatoms. The number of rotatable bonds is 4. The highest BCUT2D eigenvalue weighted by Crippen LogP contribution is 2.36. The molecule has 2 aliphatic rings. The molecule has 0 spiro atoms. The van der Waals surface area contributed by atoms with Crippen molar-refractivity contribution in [3.63, 3.8) is 0 Å². The summed E-state index contributed by atoms with van der Waals surface area (Å²) in [5.74, 6) is -0.588. The Kier molecular flexibility index (Phi) is 5.33. The Labute approximate surface area is 176 Å². The van der Waals surface area contributed by atoms with Crippen LogP contribution in [-0.2, 0) is 15.1 Å². The average molecular weight is 405 g/mol. The van der Waals surface area contributed by atoms with Gasteiger partial charge in [-0.05, 0) is 55.4 Å². The molecule has 6 nitrogen and oxygen atoms in total. The van der Waals surface area contributed by atoms with Gasteiger partial charge in [-0.2, -0.15) is 0 Å². The quantitative estimate of drug-likeness (QED) is 0.795. The van der Waals surface area contributed by atoms with Crippen LogP contribution in [0.25, 0.3) is 0 Å². The molecule has 30 heavy (non-hydrogen) atoms. The van der Waals surface area contributed by atoms with E-state index in [4.69, 9.17) is 0 Å². The summed E-state index contributed by atoms with van der Waals surface area (Å²) in [6.07, 6.45) is 3.03. The van der Waals surface area contributed by atoms with Crippen molar-refractivity contribution in [1.82, 2.24) is 15.1 Å². The number of imide groups is 1. The van der Waals surface area contributed by atoms with Crippen LogP contribution >= 0.6 is 0 Å². The third kappa shape index (κ3) is 3.36. The molecule has 0 aromatic heterocycles. The number of amides is 4. The summed E-state index contributed by atoms with van der Waals surface area (Å²) in [5, 5.41) is 2.92. The van der Waals surface area contributed by atoms with Crippen LogP contribution in [0.4, 0.5) is 4.79 Å². The molecule has 1 N–H and O–H groups in total. The van der Waals surface area contributed by atoms with E-state index in [0.717, 1.165) is 35.3 Å². The van der Waals surface area contributed by atoms with E-state index in [-0.39, 0.29) is 12.5 Å². The predicted molar refractivity (Wildman–Crippen MR) is 114 cm³/mol. The fourth-order valence-electron chi connectivity index (χ4n) is 4.32. The maximum Gasteiger partial charge on any atom is 0.326 e. The number of hydrogen-bond acceptors (Lipinski definition) is 3. The van der Waals surface area contributed by atoms with E-state index >= 15 is 0 Å². The van der Waals surface area contributed by atoms with Gasteiger partial charge in [-0.1, -0.05) is 48.5 Å². The number of piperidine rings is 1. The molecule has 2 saturated heterocycles. The maximum absolute atomic E-state index is 13.7. The van der Waals surface area contributed by atoms with Crippen LogP contribution in [-0.4, -0.2) is 47.3 Å². The number of urea groups is 1. The Bertz CT molecular complexity index is 982. The largest absolute Gasteiger partial charge is 0.341 e. The average Bonchev–Trinajstić information content (AvgIpc) is 3.02. The lowest BCUT2D eigenvalue weighted by Gasteiger charge is -2.30. The third-order valence-corrected chi connectivity index (χ3v) is 6.25. The van der Waals surface area contributed by atoms with Crippen molar-refractivity contribution in [2.75, 3.05) is 19.6 Å². The number of nitrogens with one attached hydrogen (secondary N) is 1. The minimum absolute atomic E-state index is 0.179. The molecule has 2 fully saturated rings. The SMILES string of the molecule is Cc1ccc([C@]2(c3ccccc3)NC(=O)N(CC(=O)N3CCCCC3)C2=O)cc1C. The monoisotopic (exact) mass is 405 g/mol. The summed E-state index contributed by atoms with van der Waals surface area (Å²) in [4.78, 5) is 42.3. The summed E-state index contributed by atoms with van der Waals surface area (Å²) < 4.78 is 0. The van der Waals surface area contributed by atoms with E-state index in [0.29, 0.717) is 24.2 Å². The van der Waals surface area contributed by atoms with Gasteiger partial charge in [0.15, 0.2) is 5.54 Å². The van der Waals surface area contributed by atoms with Gasteiger partial charge in [0.25, 0.3) is 5.91 Å². The van der Waals surface area contributed by atoms with Crippen LogP contribution in [0.5, 0.6) is 0 Å². The molecule has 0 bridgehead atoms. The normalized spacial score (nSPS) is 21.7. The molecule has 1 atom stereocenters. The van der Waals surface area contributed by atoms with Gasteiger partial charge in [0, 0.05) is 13.1 Å². The van der Waals surface area contributed by atoms with Gasteiger partial charge >= 0.3 is 6.03 Å². The second kappa shape index (κ2) is 7.94. The highest BCUT2D eigenvalue weighted by molar-refractivity contribution is 6.11. The molecule has 4 amide bonds. The van der Waals surface area contributed by atoms with Crippen molar-refractivity contribution < 1.29 is 14.4 Å². The van der Waals surface area contributed by atoms with Gasteiger partial charge in [0.1, 0.15) is 6.54 Å². The molecule has 0 unspecified atom stereocenters. The van der Waals surface area contributed by atoms with Crippen molar-refractivity contribution in [3.8, 4) is 0 Å². The number of carbonyl (C=O) groups excluding carboxylic acids is 3. The van der Waals surface area contributed by atoms with E-state index in [1.165, 1.54) is 0 Å². The van der Waals surface area contributed by atoms with E-state index in [1.807, 2.05) is 62.4 Å². The Morgan fingerprint density at radius 2 is 1.63 bits per heavy atom. The van der Waals surface area contributed by atoms with E-state index in [2.05, 4.69) is 5.32 Å². The van der Waals surface area contributed by atoms with Crippen molar-refractivity contribution in [3.05, 3.63) is 70.8 Å². The van der Waals surface area contributed by atoms with Crippen LogP contribution in [0, 0.1) is 13.8 Å². The molecule has 2 aromatic carbocycles. The van der Waals surface area contributed by atoms with E-state index in [9.17, 15) is 14.4 Å². The Morgan fingerprint density at radius 1 is 0.933 bits per heavy atom. The molecule has 156 valence electrons. The molecule has 0 saturated carbocycles. The smallest absolute Gasteiger partial charge is 0.326 e. The highest BCUT2D eigenvalue weighted by atomic mass is 16.2. The van der Waals surface area contributed by atoms with Crippen molar-refractivity contribution in [2.45, 2.75) is 38.6 Å². The zero-order valence-electron chi connectivity index (χ0n) is 17.5. The minimum atomic E-state index is -1.33. The number of nitrogens with zero attached hydrogens (tertiary/aromatic N) is 2. The Morgan fingerprint density at radius 3 is 2.30 bits per heavy atom. The summed E-state index contributed by atoms with van der Waals surface area (Å²) >= 11 is 0. The first-order valence-electron chi connectivity index (χ1n) is 10.5. The molecule has 2 aliphatic heterocycles. The number of benzene rings is 2. The molecule has 2 aromatic rings. The van der Waals surface area contributed by atoms with Gasteiger partial charge in [-0.3, -0.25) is 14.5 Å². The number of likely N-dealkylation sites (tertiary alicyclic amines) is 1. The topological polar surface area (TPSA) is 69.7 Å². The number of hydrogen-bond donors (Lipinski definition) is 1. The number of aryl methyl sites for hydroxylation is 2. The van der Waals surface area contributed by atoms with Crippen LogP contribution < -0.4 is 5.32 Å². The lowest BCUT2D eigenvalue weighted by atomic mass is 9.81. The van der Waals surface area contributed by atoms with Gasteiger partial charge in [0.05, 0.1) is 0 Å².